The highest BCUT2D eigenvalue weighted by Crippen LogP contribution is 2.21. The quantitative estimate of drug-likeness (QED) is 0.760. The molecular weight excluding hydrogens is 367 g/mol. The van der Waals surface area contributed by atoms with Crippen LogP contribution in [0.2, 0.25) is 0 Å². The number of likely N-dealkylation sites (N-methyl/N-ethyl adjacent to an activating group) is 1. The van der Waals surface area contributed by atoms with Crippen LogP contribution in [0.15, 0.2) is 18.2 Å². The molecule has 0 aromatic heterocycles. The largest absolute Gasteiger partial charge is 0.507 e. The number of hydrogen-bond donors (Lipinski definition) is 1. The number of aromatic hydroxyl groups is 1. The number of halogens is 1. The van der Waals surface area contributed by atoms with Crippen LogP contribution in [-0.4, -0.2) is 54.5 Å². The summed E-state index contributed by atoms with van der Waals surface area (Å²) >= 11 is 2.05. The van der Waals surface area contributed by atoms with Crippen molar-refractivity contribution in [2.24, 2.45) is 5.92 Å². The summed E-state index contributed by atoms with van der Waals surface area (Å²) in [5.74, 6) is 0.555. The molecule has 112 valence electrons. The third-order valence-electron chi connectivity index (χ3n) is 2.88. The Hall–Kier alpha value is -0.820. The maximum Gasteiger partial charge on any atom is 0.254 e. The van der Waals surface area contributed by atoms with Crippen molar-refractivity contribution in [3.8, 4) is 5.75 Å². The Morgan fingerprint density at radius 1 is 1.30 bits per heavy atom. The molecule has 0 heterocycles. The van der Waals surface area contributed by atoms with Crippen molar-refractivity contribution in [2.45, 2.75) is 13.8 Å². The maximum atomic E-state index is 12.6. The van der Waals surface area contributed by atoms with E-state index in [9.17, 15) is 9.90 Å². The second kappa shape index (κ2) is 7.83. The molecule has 4 nitrogen and oxygen atoms in total. The monoisotopic (exact) mass is 390 g/mol. The number of phenolic OH excluding ortho intramolecular Hbond substituents is 1. The van der Waals surface area contributed by atoms with E-state index in [4.69, 9.17) is 0 Å². The molecule has 1 amide bonds. The highest BCUT2D eigenvalue weighted by Gasteiger charge is 2.18. The molecule has 5 heteroatoms. The Bertz CT molecular complexity index is 461. The molecule has 0 aliphatic rings. The first kappa shape index (κ1) is 17.2. The van der Waals surface area contributed by atoms with E-state index in [1.165, 1.54) is 0 Å². The molecule has 0 aliphatic carbocycles. The van der Waals surface area contributed by atoms with Crippen LogP contribution in [0.25, 0.3) is 0 Å². The van der Waals surface area contributed by atoms with E-state index in [0.29, 0.717) is 18.0 Å². The lowest BCUT2D eigenvalue weighted by Crippen LogP contribution is -2.39. The fourth-order valence-corrected chi connectivity index (χ4v) is 2.20. The number of nitrogens with zero attached hydrogens (tertiary/aromatic N) is 2. The van der Waals surface area contributed by atoms with Crippen molar-refractivity contribution < 1.29 is 9.90 Å². The number of carbonyl (C=O) groups excluding carboxylic acids is 1. The summed E-state index contributed by atoms with van der Waals surface area (Å²) in [5.41, 5.74) is 0.544. The minimum atomic E-state index is -0.0211. The number of rotatable bonds is 6. The van der Waals surface area contributed by atoms with Crippen molar-refractivity contribution in [2.75, 3.05) is 33.7 Å². The second-order valence-electron chi connectivity index (χ2n) is 5.61. The van der Waals surface area contributed by atoms with Gasteiger partial charge in [0, 0.05) is 25.2 Å². The second-order valence-corrected chi connectivity index (χ2v) is 6.78. The third-order valence-corrected chi connectivity index (χ3v) is 3.80. The molecule has 0 saturated heterocycles. The maximum absolute atomic E-state index is 12.6. The predicted octanol–water partition coefficient (Wildman–Crippen LogP) is 2.66. The van der Waals surface area contributed by atoms with E-state index in [1.54, 1.807) is 18.2 Å². The van der Waals surface area contributed by atoms with E-state index in [0.717, 1.165) is 16.7 Å². The summed E-state index contributed by atoms with van der Waals surface area (Å²) in [6, 6.07) is 5.09. The van der Waals surface area contributed by atoms with Gasteiger partial charge in [-0.05, 0) is 60.8 Å². The van der Waals surface area contributed by atoms with Crippen molar-refractivity contribution in [1.82, 2.24) is 9.80 Å². The molecule has 0 bridgehead atoms. The van der Waals surface area contributed by atoms with Gasteiger partial charge < -0.3 is 14.9 Å². The Morgan fingerprint density at radius 3 is 2.45 bits per heavy atom. The normalized spacial score (nSPS) is 11.2. The smallest absolute Gasteiger partial charge is 0.254 e. The van der Waals surface area contributed by atoms with E-state index in [2.05, 4.69) is 18.7 Å². The Labute approximate surface area is 134 Å². The van der Waals surface area contributed by atoms with E-state index in [1.807, 2.05) is 41.6 Å². The highest BCUT2D eigenvalue weighted by atomic mass is 127. The van der Waals surface area contributed by atoms with Gasteiger partial charge >= 0.3 is 0 Å². The Balaban J connectivity index is 2.87. The Morgan fingerprint density at radius 2 is 1.95 bits per heavy atom. The number of benzene rings is 1. The predicted molar refractivity (Wildman–Crippen MR) is 90.1 cm³/mol. The average Bonchev–Trinajstić information content (AvgIpc) is 2.36. The molecule has 0 radical (unpaired) electrons. The van der Waals surface area contributed by atoms with Crippen LogP contribution in [-0.2, 0) is 0 Å². The molecule has 1 N–H and O–H groups in total. The van der Waals surface area contributed by atoms with E-state index >= 15 is 0 Å². The van der Waals surface area contributed by atoms with Crippen LogP contribution in [0.5, 0.6) is 5.75 Å². The van der Waals surface area contributed by atoms with Crippen molar-refractivity contribution in [3.63, 3.8) is 0 Å². The van der Waals surface area contributed by atoms with Crippen LogP contribution >= 0.6 is 22.6 Å². The van der Waals surface area contributed by atoms with Crippen LogP contribution in [0, 0.1) is 9.49 Å². The zero-order valence-electron chi connectivity index (χ0n) is 12.6. The molecule has 1 aromatic rings. The summed E-state index contributed by atoms with van der Waals surface area (Å²) in [5, 5.41) is 9.74. The number of hydrogen-bond acceptors (Lipinski definition) is 3. The van der Waals surface area contributed by atoms with Gasteiger partial charge in [0.1, 0.15) is 5.75 Å². The standard InChI is InChI=1S/C15H23IN2O2/c1-11(2)10-18(8-7-17(3)4)15(20)12-5-6-13(16)14(19)9-12/h5-6,9,11,19H,7-8,10H2,1-4H3. The SMILES string of the molecule is CC(C)CN(CCN(C)C)C(=O)c1ccc(I)c(O)c1. The first-order valence-corrected chi connectivity index (χ1v) is 7.81. The first-order valence-electron chi connectivity index (χ1n) is 6.73. The van der Waals surface area contributed by atoms with Gasteiger partial charge in [-0.3, -0.25) is 4.79 Å². The summed E-state index contributed by atoms with van der Waals surface area (Å²) < 4.78 is 0.753. The highest BCUT2D eigenvalue weighted by molar-refractivity contribution is 14.1. The topological polar surface area (TPSA) is 43.8 Å². The molecule has 0 spiro atoms. The van der Waals surface area contributed by atoms with Gasteiger partial charge in [-0.1, -0.05) is 13.8 Å². The van der Waals surface area contributed by atoms with Gasteiger partial charge in [-0.15, -0.1) is 0 Å². The lowest BCUT2D eigenvalue weighted by Gasteiger charge is -2.26. The summed E-state index contributed by atoms with van der Waals surface area (Å²) in [6.45, 7) is 6.44. The molecule has 0 fully saturated rings. The minimum Gasteiger partial charge on any atom is -0.507 e. The van der Waals surface area contributed by atoms with Crippen molar-refractivity contribution in [3.05, 3.63) is 27.3 Å². The Kier molecular flexibility index (Phi) is 6.75. The fourth-order valence-electron chi connectivity index (χ4n) is 1.87. The lowest BCUT2D eigenvalue weighted by atomic mass is 10.1. The zero-order chi connectivity index (χ0) is 15.3. The molecule has 20 heavy (non-hydrogen) atoms. The van der Waals surface area contributed by atoms with E-state index < -0.39 is 0 Å². The van der Waals surface area contributed by atoms with Gasteiger partial charge in [-0.2, -0.15) is 0 Å². The zero-order valence-corrected chi connectivity index (χ0v) is 14.7. The summed E-state index contributed by atoms with van der Waals surface area (Å²) in [7, 11) is 3.99. The van der Waals surface area contributed by atoms with Crippen LogP contribution in [0.1, 0.15) is 24.2 Å². The fraction of sp³-hybridized carbons (Fsp3) is 0.533. The van der Waals surface area contributed by atoms with Gasteiger partial charge in [-0.25, -0.2) is 0 Å². The number of carbonyl (C=O) groups is 1. The van der Waals surface area contributed by atoms with Crippen molar-refractivity contribution in [1.29, 1.82) is 0 Å². The third kappa shape index (κ3) is 5.28. The van der Waals surface area contributed by atoms with E-state index in [-0.39, 0.29) is 11.7 Å². The lowest BCUT2D eigenvalue weighted by molar-refractivity contribution is 0.0724. The molecule has 0 atom stereocenters. The number of amides is 1. The van der Waals surface area contributed by atoms with Crippen LogP contribution < -0.4 is 0 Å². The molecule has 0 saturated carbocycles. The first-order chi connectivity index (χ1) is 9.31. The van der Waals surface area contributed by atoms with Crippen molar-refractivity contribution >= 4 is 28.5 Å². The van der Waals surface area contributed by atoms with Gasteiger partial charge in [0.25, 0.3) is 5.91 Å². The molecular formula is C15H23IN2O2. The van der Waals surface area contributed by atoms with Crippen LogP contribution in [0.4, 0.5) is 0 Å². The molecule has 1 aromatic carbocycles. The average molecular weight is 390 g/mol. The van der Waals surface area contributed by atoms with Gasteiger partial charge in [0.2, 0.25) is 0 Å². The van der Waals surface area contributed by atoms with Crippen LogP contribution in [0.3, 0.4) is 0 Å². The molecule has 1 rings (SSSR count). The van der Waals surface area contributed by atoms with Gasteiger partial charge in [0.15, 0.2) is 0 Å². The summed E-state index contributed by atoms with van der Waals surface area (Å²) in [6.07, 6.45) is 0. The number of phenols is 1. The molecule has 0 unspecified atom stereocenters. The minimum absolute atomic E-state index is 0.0211. The molecule has 0 aliphatic heterocycles. The summed E-state index contributed by atoms with van der Waals surface area (Å²) in [4.78, 5) is 16.5. The van der Waals surface area contributed by atoms with Gasteiger partial charge in [0.05, 0.1) is 3.57 Å².